The second-order valence-corrected chi connectivity index (χ2v) is 4.49. The Balaban J connectivity index is 2.19. The average molecular weight is 226 g/mol. The molecule has 17 heavy (non-hydrogen) atoms. The molecule has 0 radical (unpaired) electrons. The van der Waals surface area contributed by atoms with Gasteiger partial charge in [0, 0.05) is 0 Å². The Labute approximate surface area is 99.5 Å². The molecule has 1 N–H and O–H groups in total. The summed E-state index contributed by atoms with van der Waals surface area (Å²) >= 11 is 0. The Morgan fingerprint density at radius 3 is 2.53 bits per heavy atom. The van der Waals surface area contributed by atoms with E-state index in [1.807, 2.05) is 13.0 Å². The number of H-pyrrole nitrogens is 1. The first-order valence-electron chi connectivity index (χ1n) is 5.66. The fraction of sp³-hybridized carbons (Fsp3) is 0.214. The maximum Gasteiger partial charge on any atom is 0.141 e. The van der Waals surface area contributed by atoms with Crippen LogP contribution in [0, 0.1) is 20.8 Å². The van der Waals surface area contributed by atoms with Crippen molar-refractivity contribution in [1.82, 2.24) is 9.97 Å². The molecule has 3 rings (SSSR count). The molecule has 3 nitrogen and oxygen atoms in total. The summed E-state index contributed by atoms with van der Waals surface area (Å²) in [6.07, 6.45) is 1.73. The van der Waals surface area contributed by atoms with Gasteiger partial charge in [-0.2, -0.15) is 0 Å². The molecule has 0 aliphatic heterocycles. The van der Waals surface area contributed by atoms with Crippen LogP contribution in [0.25, 0.3) is 22.4 Å². The van der Waals surface area contributed by atoms with Crippen molar-refractivity contribution in [3.05, 3.63) is 41.3 Å². The van der Waals surface area contributed by atoms with Crippen molar-refractivity contribution in [3.8, 4) is 11.4 Å². The summed E-state index contributed by atoms with van der Waals surface area (Å²) in [5.74, 6) is 1.76. The van der Waals surface area contributed by atoms with Crippen molar-refractivity contribution < 1.29 is 4.42 Å². The Morgan fingerprint density at radius 2 is 1.82 bits per heavy atom. The molecular weight excluding hydrogens is 212 g/mol. The normalized spacial score (nSPS) is 11.2. The van der Waals surface area contributed by atoms with Gasteiger partial charge < -0.3 is 9.40 Å². The molecule has 1 aromatic carbocycles. The van der Waals surface area contributed by atoms with Gasteiger partial charge in [-0.25, -0.2) is 4.98 Å². The van der Waals surface area contributed by atoms with Gasteiger partial charge in [-0.1, -0.05) is 0 Å². The maximum atomic E-state index is 5.30. The summed E-state index contributed by atoms with van der Waals surface area (Å²) in [5, 5.41) is 0. The van der Waals surface area contributed by atoms with E-state index >= 15 is 0 Å². The number of hydrogen-bond donors (Lipinski definition) is 1. The van der Waals surface area contributed by atoms with Gasteiger partial charge in [0.2, 0.25) is 0 Å². The van der Waals surface area contributed by atoms with Crippen molar-refractivity contribution in [2.45, 2.75) is 20.8 Å². The van der Waals surface area contributed by atoms with E-state index in [1.165, 1.54) is 11.1 Å². The van der Waals surface area contributed by atoms with Crippen LogP contribution in [-0.2, 0) is 0 Å². The van der Waals surface area contributed by atoms with Gasteiger partial charge in [0.25, 0.3) is 0 Å². The Hall–Kier alpha value is -2.03. The fourth-order valence-corrected chi connectivity index (χ4v) is 1.97. The Kier molecular flexibility index (Phi) is 2.08. The number of imidazole rings is 1. The van der Waals surface area contributed by atoms with Crippen LogP contribution >= 0.6 is 0 Å². The molecule has 0 aliphatic carbocycles. The van der Waals surface area contributed by atoms with Gasteiger partial charge >= 0.3 is 0 Å². The lowest BCUT2D eigenvalue weighted by Crippen LogP contribution is -1.79. The average Bonchev–Trinajstić information content (AvgIpc) is 2.85. The highest BCUT2D eigenvalue weighted by Crippen LogP contribution is 2.24. The fourth-order valence-electron chi connectivity index (χ4n) is 1.97. The van der Waals surface area contributed by atoms with E-state index in [1.54, 1.807) is 6.26 Å². The SMILES string of the molecule is Cc1cc(-c2nc3cc(C)c(C)cc3[nH]2)co1. The topological polar surface area (TPSA) is 41.8 Å². The van der Waals surface area contributed by atoms with E-state index in [2.05, 4.69) is 35.9 Å². The second-order valence-electron chi connectivity index (χ2n) is 4.49. The lowest BCUT2D eigenvalue weighted by atomic mass is 10.1. The van der Waals surface area contributed by atoms with Crippen LogP contribution in [-0.4, -0.2) is 9.97 Å². The number of hydrogen-bond acceptors (Lipinski definition) is 2. The number of fused-ring (bicyclic) bond motifs is 1. The molecule has 0 unspecified atom stereocenters. The van der Waals surface area contributed by atoms with E-state index in [4.69, 9.17) is 4.42 Å². The number of furan rings is 1. The molecule has 2 heterocycles. The highest BCUT2D eigenvalue weighted by Gasteiger charge is 2.08. The summed E-state index contributed by atoms with van der Waals surface area (Å²) in [4.78, 5) is 7.90. The van der Waals surface area contributed by atoms with E-state index in [0.29, 0.717) is 0 Å². The molecule has 86 valence electrons. The van der Waals surface area contributed by atoms with Crippen LogP contribution in [0.1, 0.15) is 16.9 Å². The Morgan fingerprint density at radius 1 is 1.06 bits per heavy atom. The number of aryl methyl sites for hydroxylation is 3. The van der Waals surface area contributed by atoms with Crippen LogP contribution in [0.5, 0.6) is 0 Å². The van der Waals surface area contributed by atoms with E-state index < -0.39 is 0 Å². The number of benzene rings is 1. The van der Waals surface area contributed by atoms with Gasteiger partial charge in [-0.3, -0.25) is 0 Å². The lowest BCUT2D eigenvalue weighted by molar-refractivity contribution is 0.535. The summed E-state index contributed by atoms with van der Waals surface area (Å²) in [5.41, 5.74) is 5.60. The molecule has 0 spiro atoms. The molecule has 0 bridgehead atoms. The molecule has 0 aliphatic rings. The number of rotatable bonds is 1. The van der Waals surface area contributed by atoms with Crippen molar-refractivity contribution in [1.29, 1.82) is 0 Å². The molecule has 2 aromatic heterocycles. The maximum absolute atomic E-state index is 5.30. The molecule has 0 saturated carbocycles. The number of nitrogens with zero attached hydrogens (tertiary/aromatic N) is 1. The predicted molar refractivity (Wildman–Crippen MR) is 68.0 cm³/mol. The summed E-state index contributed by atoms with van der Waals surface area (Å²) in [6, 6.07) is 6.23. The minimum Gasteiger partial charge on any atom is -0.469 e. The lowest BCUT2D eigenvalue weighted by Gasteiger charge is -1.97. The summed E-state index contributed by atoms with van der Waals surface area (Å²) in [7, 11) is 0. The third-order valence-corrected chi connectivity index (χ3v) is 3.10. The minimum absolute atomic E-state index is 0.863. The van der Waals surface area contributed by atoms with E-state index in [0.717, 1.165) is 28.2 Å². The van der Waals surface area contributed by atoms with Crippen LogP contribution in [0.2, 0.25) is 0 Å². The first-order valence-corrected chi connectivity index (χ1v) is 5.66. The zero-order valence-corrected chi connectivity index (χ0v) is 10.2. The van der Waals surface area contributed by atoms with Gasteiger partial charge in [0.15, 0.2) is 0 Å². The van der Waals surface area contributed by atoms with Crippen LogP contribution in [0.3, 0.4) is 0 Å². The largest absolute Gasteiger partial charge is 0.469 e. The highest BCUT2D eigenvalue weighted by atomic mass is 16.3. The minimum atomic E-state index is 0.863. The molecule has 0 fully saturated rings. The third kappa shape index (κ3) is 1.64. The second kappa shape index (κ2) is 3.48. The number of aromatic nitrogens is 2. The van der Waals surface area contributed by atoms with E-state index in [9.17, 15) is 0 Å². The number of aromatic amines is 1. The quantitative estimate of drug-likeness (QED) is 0.686. The van der Waals surface area contributed by atoms with Gasteiger partial charge in [0.05, 0.1) is 16.6 Å². The monoisotopic (exact) mass is 226 g/mol. The molecule has 0 amide bonds. The van der Waals surface area contributed by atoms with Gasteiger partial charge in [-0.05, 0) is 50.1 Å². The standard InChI is InChI=1S/C14H14N2O/c1-8-4-12-13(5-9(8)2)16-14(15-12)11-6-10(3)17-7-11/h4-7H,1-3H3,(H,15,16). The molecular formula is C14H14N2O. The summed E-state index contributed by atoms with van der Waals surface area (Å²) in [6.45, 7) is 6.14. The van der Waals surface area contributed by atoms with Crippen molar-refractivity contribution in [2.75, 3.05) is 0 Å². The molecule has 3 heteroatoms. The van der Waals surface area contributed by atoms with Crippen LogP contribution in [0.15, 0.2) is 28.9 Å². The van der Waals surface area contributed by atoms with Gasteiger partial charge in [0.1, 0.15) is 17.8 Å². The molecule has 0 saturated heterocycles. The Bertz CT molecular complexity index is 652. The predicted octanol–water partition coefficient (Wildman–Crippen LogP) is 3.75. The molecule has 0 atom stereocenters. The van der Waals surface area contributed by atoms with Gasteiger partial charge in [-0.15, -0.1) is 0 Å². The van der Waals surface area contributed by atoms with Crippen molar-refractivity contribution in [3.63, 3.8) is 0 Å². The smallest absolute Gasteiger partial charge is 0.141 e. The summed E-state index contributed by atoms with van der Waals surface area (Å²) < 4.78 is 5.30. The van der Waals surface area contributed by atoms with E-state index in [-0.39, 0.29) is 0 Å². The third-order valence-electron chi connectivity index (χ3n) is 3.10. The van der Waals surface area contributed by atoms with Crippen molar-refractivity contribution in [2.24, 2.45) is 0 Å². The van der Waals surface area contributed by atoms with Crippen LogP contribution in [0.4, 0.5) is 0 Å². The zero-order chi connectivity index (χ0) is 12.0. The first-order chi connectivity index (χ1) is 8.13. The zero-order valence-electron chi connectivity index (χ0n) is 10.2. The number of nitrogens with one attached hydrogen (secondary N) is 1. The van der Waals surface area contributed by atoms with Crippen LogP contribution < -0.4 is 0 Å². The molecule has 3 aromatic rings. The first kappa shape index (κ1) is 10.1. The highest BCUT2D eigenvalue weighted by molar-refractivity contribution is 5.80. The van der Waals surface area contributed by atoms with Crippen molar-refractivity contribution >= 4 is 11.0 Å².